The Labute approximate surface area is 228 Å². The molecule has 11 heteroatoms. The van der Waals surface area contributed by atoms with Gasteiger partial charge in [-0.25, -0.2) is 13.1 Å². The SMILES string of the molecule is CCCN(CCC)S(=O)(=O)c1ccc(C(=O)Nc2sc3c(c2C(=O)n2nc(C)cc2C)CCN(C)C3)cc1. The minimum absolute atomic E-state index is 0.158. The molecule has 38 heavy (non-hydrogen) atoms. The zero-order valence-corrected chi connectivity index (χ0v) is 24.2. The highest BCUT2D eigenvalue weighted by Crippen LogP contribution is 2.38. The number of nitrogens with one attached hydrogen (secondary N) is 1. The number of amides is 1. The molecule has 1 aromatic carbocycles. The van der Waals surface area contributed by atoms with Gasteiger partial charge >= 0.3 is 0 Å². The number of likely N-dealkylation sites (N-methyl/N-ethyl adjacent to an activating group) is 1. The van der Waals surface area contributed by atoms with Crippen molar-refractivity contribution in [1.82, 2.24) is 19.0 Å². The second kappa shape index (κ2) is 11.5. The molecule has 0 unspecified atom stereocenters. The molecule has 0 radical (unpaired) electrons. The van der Waals surface area contributed by atoms with E-state index in [4.69, 9.17) is 0 Å². The van der Waals surface area contributed by atoms with Crippen LogP contribution < -0.4 is 5.32 Å². The third-order valence-corrected chi connectivity index (χ3v) is 9.64. The molecule has 1 N–H and O–H groups in total. The first-order valence-electron chi connectivity index (χ1n) is 12.9. The lowest BCUT2D eigenvalue weighted by Crippen LogP contribution is -2.32. The highest BCUT2D eigenvalue weighted by molar-refractivity contribution is 7.89. The minimum atomic E-state index is -3.64. The van der Waals surface area contributed by atoms with E-state index in [-0.39, 0.29) is 10.8 Å². The van der Waals surface area contributed by atoms with Crippen LogP contribution in [0.15, 0.2) is 35.2 Å². The van der Waals surface area contributed by atoms with Crippen molar-refractivity contribution in [1.29, 1.82) is 0 Å². The number of aryl methyl sites for hydroxylation is 2. The summed E-state index contributed by atoms with van der Waals surface area (Å²) in [6.45, 7) is 9.97. The van der Waals surface area contributed by atoms with Crippen molar-refractivity contribution in [3.63, 3.8) is 0 Å². The van der Waals surface area contributed by atoms with E-state index in [0.717, 1.165) is 41.2 Å². The number of thiophene rings is 1. The van der Waals surface area contributed by atoms with E-state index < -0.39 is 15.9 Å². The number of aromatic nitrogens is 2. The number of nitrogens with zero attached hydrogens (tertiary/aromatic N) is 4. The molecule has 0 saturated carbocycles. The highest BCUT2D eigenvalue weighted by Gasteiger charge is 2.30. The average Bonchev–Trinajstić information content (AvgIpc) is 3.41. The number of fused-ring (bicyclic) bond motifs is 1. The fourth-order valence-electron chi connectivity index (χ4n) is 4.74. The summed E-state index contributed by atoms with van der Waals surface area (Å²) in [5.74, 6) is -0.663. The van der Waals surface area contributed by atoms with Crippen LogP contribution in [-0.4, -0.2) is 65.9 Å². The van der Waals surface area contributed by atoms with Gasteiger partial charge in [0, 0.05) is 42.3 Å². The lowest BCUT2D eigenvalue weighted by atomic mass is 10.0. The van der Waals surface area contributed by atoms with Gasteiger partial charge in [0.05, 0.1) is 16.2 Å². The molecule has 0 fully saturated rings. The van der Waals surface area contributed by atoms with Crippen LogP contribution >= 0.6 is 11.3 Å². The summed E-state index contributed by atoms with van der Waals surface area (Å²) < 4.78 is 29.0. The van der Waals surface area contributed by atoms with E-state index in [1.807, 2.05) is 40.8 Å². The molecule has 1 aliphatic heterocycles. The van der Waals surface area contributed by atoms with E-state index in [1.54, 1.807) is 0 Å². The van der Waals surface area contributed by atoms with Gasteiger partial charge < -0.3 is 10.2 Å². The summed E-state index contributed by atoms with van der Waals surface area (Å²) in [7, 11) is -1.61. The number of hydrogen-bond acceptors (Lipinski definition) is 7. The van der Waals surface area contributed by atoms with Gasteiger partial charge in [0.2, 0.25) is 10.0 Å². The second-order valence-electron chi connectivity index (χ2n) is 9.72. The molecule has 0 bridgehead atoms. The molecule has 1 aliphatic rings. The number of hydrogen-bond donors (Lipinski definition) is 1. The molecule has 0 spiro atoms. The number of benzene rings is 1. The Balaban J connectivity index is 1.63. The Morgan fingerprint density at radius 3 is 2.34 bits per heavy atom. The Morgan fingerprint density at radius 1 is 1.11 bits per heavy atom. The largest absolute Gasteiger partial charge is 0.313 e. The van der Waals surface area contributed by atoms with Crippen molar-refractivity contribution in [2.24, 2.45) is 0 Å². The summed E-state index contributed by atoms with van der Waals surface area (Å²) in [6, 6.07) is 7.82. The molecule has 0 aliphatic carbocycles. The Bertz CT molecular complexity index is 1430. The van der Waals surface area contributed by atoms with Crippen LogP contribution in [0.1, 0.15) is 69.2 Å². The van der Waals surface area contributed by atoms with Gasteiger partial charge in [-0.1, -0.05) is 13.8 Å². The Kier molecular flexibility index (Phi) is 8.51. The summed E-state index contributed by atoms with van der Waals surface area (Å²) in [4.78, 5) is 30.3. The van der Waals surface area contributed by atoms with Crippen LogP contribution in [0.25, 0.3) is 0 Å². The first kappa shape index (κ1) is 28.2. The van der Waals surface area contributed by atoms with Crippen molar-refractivity contribution in [3.8, 4) is 0 Å². The molecule has 4 rings (SSSR count). The zero-order chi connectivity index (χ0) is 27.6. The highest BCUT2D eigenvalue weighted by atomic mass is 32.2. The third kappa shape index (κ3) is 5.61. The van der Waals surface area contributed by atoms with Crippen LogP contribution in [0.5, 0.6) is 0 Å². The van der Waals surface area contributed by atoms with E-state index in [0.29, 0.717) is 42.2 Å². The zero-order valence-electron chi connectivity index (χ0n) is 22.6. The predicted molar refractivity (Wildman–Crippen MR) is 150 cm³/mol. The fraction of sp³-hybridized carbons (Fsp3) is 0.444. The van der Waals surface area contributed by atoms with Crippen molar-refractivity contribution < 1.29 is 18.0 Å². The molecule has 1 amide bonds. The summed E-state index contributed by atoms with van der Waals surface area (Å²) in [6.07, 6.45) is 2.15. The summed E-state index contributed by atoms with van der Waals surface area (Å²) in [5.41, 5.74) is 3.22. The number of carbonyl (C=O) groups excluding carboxylic acids is 2. The second-order valence-corrected chi connectivity index (χ2v) is 12.8. The quantitative estimate of drug-likeness (QED) is 0.421. The van der Waals surface area contributed by atoms with Gasteiger partial charge in [0.15, 0.2) is 0 Å². The van der Waals surface area contributed by atoms with Crippen LogP contribution in [-0.2, 0) is 23.0 Å². The first-order chi connectivity index (χ1) is 18.1. The molecule has 3 aromatic rings. The maximum atomic E-state index is 13.6. The standard InChI is InChI=1S/C27H35N5O4S2/c1-6-13-31(14-7-2)38(35,36)21-10-8-20(9-11-21)25(33)28-26-24(22-12-15-30(5)17-23(22)37-26)27(34)32-19(4)16-18(3)29-32/h8-11,16H,6-7,12-15,17H2,1-5H3,(H,28,33). The van der Waals surface area contributed by atoms with Crippen LogP contribution in [0.3, 0.4) is 0 Å². The number of sulfonamides is 1. The maximum absolute atomic E-state index is 13.6. The Hall–Kier alpha value is -2.86. The molecular weight excluding hydrogens is 522 g/mol. The predicted octanol–water partition coefficient (Wildman–Crippen LogP) is 4.30. The average molecular weight is 558 g/mol. The van der Waals surface area contributed by atoms with E-state index >= 15 is 0 Å². The number of rotatable bonds is 9. The van der Waals surface area contributed by atoms with Crippen LogP contribution in [0.4, 0.5) is 5.00 Å². The summed E-state index contributed by atoms with van der Waals surface area (Å²) in [5, 5.41) is 7.79. The lowest BCUT2D eigenvalue weighted by molar-refractivity contribution is 0.0942. The molecule has 0 saturated heterocycles. The van der Waals surface area contributed by atoms with E-state index in [2.05, 4.69) is 15.3 Å². The number of carbonyl (C=O) groups is 2. The van der Waals surface area contributed by atoms with Gasteiger partial charge in [-0.15, -0.1) is 11.3 Å². The van der Waals surface area contributed by atoms with Crippen molar-refractivity contribution in [3.05, 3.63) is 63.3 Å². The minimum Gasteiger partial charge on any atom is -0.313 e. The van der Waals surface area contributed by atoms with Crippen molar-refractivity contribution >= 4 is 38.2 Å². The van der Waals surface area contributed by atoms with Gasteiger partial charge in [-0.05, 0) is 76.1 Å². The molecule has 2 aromatic heterocycles. The van der Waals surface area contributed by atoms with Gasteiger partial charge in [0.25, 0.3) is 11.8 Å². The normalized spacial score (nSPS) is 14.1. The number of anilines is 1. The maximum Gasteiger partial charge on any atom is 0.281 e. The molecule has 0 atom stereocenters. The molecule has 9 nitrogen and oxygen atoms in total. The lowest BCUT2D eigenvalue weighted by Gasteiger charge is -2.22. The van der Waals surface area contributed by atoms with E-state index in [1.165, 1.54) is 44.6 Å². The molecule has 204 valence electrons. The fourth-order valence-corrected chi connectivity index (χ4v) is 7.68. The van der Waals surface area contributed by atoms with Gasteiger partial charge in [-0.3, -0.25) is 9.59 Å². The van der Waals surface area contributed by atoms with Crippen LogP contribution in [0.2, 0.25) is 0 Å². The van der Waals surface area contributed by atoms with E-state index in [9.17, 15) is 18.0 Å². The molecular formula is C27H35N5O4S2. The topological polar surface area (TPSA) is 105 Å². The summed E-state index contributed by atoms with van der Waals surface area (Å²) >= 11 is 1.41. The smallest absolute Gasteiger partial charge is 0.281 e. The monoisotopic (exact) mass is 557 g/mol. The third-order valence-electron chi connectivity index (χ3n) is 6.59. The Morgan fingerprint density at radius 2 is 1.76 bits per heavy atom. The first-order valence-corrected chi connectivity index (χ1v) is 15.1. The molecule has 3 heterocycles. The van der Waals surface area contributed by atoms with Crippen LogP contribution in [0, 0.1) is 13.8 Å². The van der Waals surface area contributed by atoms with Crippen molar-refractivity contribution in [2.45, 2.75) is 58.4 Å². The van der Waals surface area contributed by atoms with Gasteiger partial charge in [-0.2, -0.15) is 9.40 Å². The van der Waals surface area contributed by atoms with Crippen molar-refractivity contribution in [2.75, 3.05) is 32.0 Å². The van der Waals surface area contributed by atoms with Gasteiger partial charge in [0.1, 0.15) is 5.00 Å².